The first-order valence-electron chi connectivity index (χ1n) is 5.75. The maximum absolute atomic E-state index is 4.81. The van der Waals surface area contributed by atoms with E-state index < -0.39 is 0 Å². The Hall–Kier alpha value is -0.530. The highest BCUT2D eigenvalue weighted by Gasteiger charge is 2.20. The molecule has 0 aromatic rings. The number of hydrogen-bond donors (Lipinski definition) is 0. The predicted octanol–water partition coefficient (Wildman–Crippen LogP) is 3.08. The molecule has 0 aliphatic carbocycles. The van der Waals surface area contributed by atoms with Gasteiger partial charge in [0.1, 0.15) is 0 Å². The zero-order valence-electron chi connectivity index (χ0n) is 10.3. The van der Waals surface area contributed by atoms with E-state index in [0.29, 0.717) is 6.04 Å². The number of amidine groups is 1. The van der Waals surface area contributed by atoms with Crippen LogP contribution in [0, 0.1) is 0 Å². The molecule has 14 heavy (non-hydrogen) atoms. The third-order valence-electron chi connectivity index (χ3n) is 2.47. The summed E-state index contributed by atoms with van der Waals surface area (Å²) >= 11 is 0. The SMILES string of the molecule is CC(C)N1CCCCC1=NC(C)(C)C. The van der Waals surface area contributed by atoms with E-state index >= 15 is 0 Å². The van der Waals surface area contributed by atoms with Crippen molar-refractivity contribution in [3.63, 3.8) is 0 Å². The topological polar surface area (TPSA) is 15.6 Å². The van der Waals surface area contributed by atoms with E-state index in [9.17, 15) is 0 Å². The number of aliphatic imine (C=N–C) groups is 1. The largest absolute Gasteiger partial charge is 0.358 e. The number of hydrogen-bond acceptors (Lipinski definition) is 1. The molecule has 1 fully saturated rings. The Kier molecular flexibility index (Phi) is 3.57. The van der Waals surface area contributed by atoms with Crippen LogP contribution in [0.5, 0.6) is 0 Å². The number of piperidine rings is 1. The molecule has 0 aromatic carbocycles. The van der Waals surface area contributed by atoms with Crippen LogP contribution in [0.25, 0.3) is 0 Å². The van der Waals surface area contributed by atoms with E-state index in [1.54, 1.807) is 0 Å². The highest BCUT2D eigenvalue weighted by Crippen LogP contribution is 2.18. The van der Waals surface area contributed by atoms with Crippen molar-refractivity contribution >= 4 is 5.84 Å². The maximum atomic E-state index is 4.81. The minimum atomic E-state index is 0.0693. The lowest BCUT2D eigenvalue weighted by Crippen LogP contribution is -2.41. The van der Waals surface area contributed by atoms with Crippen LogP contribution in [0.3, 0.4) is 0 Å². The summed E-state index contributed by atoms with van der Waals surface area (Å²) in [7, 11) is 0. The molecule has 1 saturated heterocycles. The summed E-state index contributed by atoms with van der Waals surface area (Å²) in [5, 5.41) is 0. The van der Waals surface area contributed by atoms with Crippen LogP contribution in [-0.2, 0) is 0 Å². The fraction of sp³-hybridized carbons (Fsp3) is 0.917. The molecule has 0 bridgehead atoms. The smallest absolute Gasteiger partial charge is 0.0997 e. The summed E-state index contributed by atoms with van der Waals surface area (Å²) < 4.78 is 0. The van der Waals surface area contributed by atoms with Gasteiger partial charge in [-0.25, -0.2) is 0 Å². The minimum Gasteiger partial charge on any atom is -0.358 e. The Bertz CT molecular complexity index is 211. The van der Waals surface area contributed by atoms with Crippen LogP contribution in [0.1, 0.15) is 53.9 Å². The van der Waals surface area contributed by atoms with Crippen molar-refractivity contribution in [2.24, 2.45) is 4.99 Å². The van der Waals surface area contributed by atoms with E-state index in [2.05, 4.69) is 39.5 Å². The van der Waals surface area contributed by atoms with Gasteiger partial charge in [0.25, 0.3) is 0 Å². The van der Waals surface area contributed by atoms with E-state index in [1.165, 1.54) is 25.2 Å². The molecule has 2 heteroatoms. The van der Waals surface area contributed by atoms with Gasteiger partial charge in [-0.1, -0.05) is 0 Å². The second-order valence-corrected chi connectivity index (χ2v) is 5.44. The monoisotopic (exact) mass is 196 g/mol. The molecular weight excluding hydrogens is 172 g/mol. The third kappa shape index (κ3) is 3.32. The van der Waals surface area contributed by atoms with Gasteiger partial charge in [-0.3, -0.25) is 4.99 Å². The van der Waals surface area contributed by atoms with Crippen molar-refractivity contribution in [1.29, 1.82) is 0 Å². The molecule has 1 rings (SSSR count). The summed E-state index contributed by atoms with van der Waals surface area (Å²) in [4.78, 5) is 7.27. The lowest BCUT2D eigenvalue weighted by molar-refractivity contribution is 0.308. The van der Waals surface area contributed by atoms with Crippen molar-refractivity contribution in [2.45, 2.75) is 65.5 Å². The molecule has 0 unspecified atom stereocenters. The molecule has 0 radical (unpaired) electrons. The molecule has 0 spiro atoms. The molecule has 82 valence electrons. The molecule has 0 atom stereocenters. The van der Waals surface area contributed by atoms with Crippen LogP contribution >= 0.6 is 0 Å². The Morgan fingerprint density at radius 1 is 1.21 bits per heavy atom. The van der Waals surface area contributed by atoms with Crippen LogP contribution in [0.4, 0.5) is 0 Å². The predicted molar refractivity (Wildman–Crippen MR) is 62.9 cm³/mol. The minimum absolute atomic E-state index is 0.0693. The van der Waals surface area contributed by atoms with E-state index in [0.717, 1.165) is 6.42 Å². The van der Waals surface area contributed by atoms with E-state index in [4.69, 9.17) is 4.99 Å². The number of rotatable bonds is 1. The van der Waals surface area contributed by atoms with Crippen LogP contribution in [0.2, 0.25) is 0 Å². The van der Waals surface area contributed by atoms with Crippen LogP contribution in [0.15, 0.2) is 4.99 Å². The molecule has 0 saturated carbocycles. The van der Waals surface area contributed by atoms with Gasteiger partial charge < -0.3 is 4.90 Å². The molecule has 0 aromatic heterocycles. The van der Waals surface area contributed by atoms with Gasteiger partial charge in [0.15, 0.2) is 0 Å². The lowest BCUT2D eigenvalue weighted by Gasteiger charge is -2.35. The Labute approximate surface area is 88.4 Å². The van der Waals surface area contributed by atoms with Gasteiger partial charge in [0.2, 0.25) is 0 Å². The van der Waals surface area contributed by atoms with Crippen LogP contribution < -0.4 is 0 Å². The van der Waals surface area contributed by atoms with Gasteiger partial charge in [-0.15, -0.1) is 0 Å². The van der Waals surface area contributed by atoms with Gasteiger partial charge in [0.05, 0.1) is 11.4 Å². The van der Waals surface area contributed by atoms with Crippen molar-refractivity contribution in [2.75, 3.05) is 6.54 Å². The van der Waals surface area contributed by atoms with Crippen molar-refractivity contribution in [3.8, 4) is 0 Å². The zero-order chi connectivity index (χ0) is 10.8. The van der Waals surface area contributed by atoms with Gasteiger partial charge >= 0.3 is 0 Å². The first-order chi connectivity index (χ1) is 6.40. The average Bonchev–Trinajstić information content (AvgIpc) is 2.01. The summed E-state index contributed by atoms with van der Waals surface area (Å²) in [6, 6.07) is 0.594. The van der Waals surface area contributed by atoms with Gasteiger partial charge in [-0.2, -0.15) is 0 Å². The summed E-state index contributed by atoms with van der Waals surface area (Å²) in [5.41, 5.74) is 0.0693. The number of nitrogens with zero attached hydrogens (tertiary/aromatic N) is 2. The Morgan fingerprint density at radius 2 is 1.86 bits per heavy atom. The third-order valence-corrected chi connectivity index (χ3v) is 2.47. The van der Waals surface area contributed by atoms with Crippen molar-refractivity contribution in [1.82, 2.24) is 4.90 Å². The average molecular weight is 196 g/mol. The summed E-state index contributed by atoms with van der Waals surface area (Å²) in [5.74, 6) is 1.32. The number of likely N-dealkylation sites (tertiary alicyclic amines) is 1. The molecule has 1 aliphatic rings. The molecule has 1 aliphatic heterocycles. The van der Waals surface area contributed by atoms with E-state index in [-0.39, 0.29) is 5.54 Å². The van der Waals surface area contributed by atoms with E-state index in [1.807, 2.05) is 0 Å². The lowest BCUT2D eigenvalue weighted by atomic mass is 10.1. The highest BCUT2D eigenvalue weighted by molar-refractivity contribution is 5.83. The standard InChI is InChI=1S/C12H24N2/c1-10(2)14-9-7-6-8-11(14)13-12(3,4)5/h10H,6-9H2,1-5H3. The summed E-state index contributed by atoms with van der Waals surface area (Å²) in [6.45, 7) is 12.2. The maximum Gasteiger partial charge on any atom is 0.0997 e. The Morgan fingerprint density at radius 3 is 2.36 bits per heavy atom. The highest BCUT2D eigenvalue weighted by atomic mass is 15.2. The molecule has 0 N–H and O–H groups in total. The second-order valence-electron chi connectivity index (χ2n) is 5.44. The normalized spacial score (nSPS) is 22.1. The van der Waals surface area contributed by atoms with Gasteiger partial charge in [-0.05, 0) is 47.5 Å². The molecule has 2 nitrogen and oxygen atoms in total. The van der Waals surface area contributed by atoms with Crippen molar-refractivity contribution in [3.05, 3.63) is 0 Å². The Balaban J connectivity index is 2.77. The van der Waals surface area contributed by atoms with Crippen LogP contribution in [-0.4, -0.2) is 28.9 Å². The molecule has 0 amide bonds. The summed E-state index contributed by atoms with van der Waals surface area (Å²) in [6.07, 6.45) is 3.79. The van der Waals surface area contributed by atoms with Crippen molar-refractivity contribution < 1.29 is 0 Å². The fourth-order valence-corrected chi connectivity index (χ4v) is 1.90. The first-order valence-corrected chi connectivity index (χ1v) is 5.75. The molecule has 1 heterocycles. The molecular formula is C12H24N2. The van der Waals surface area contributed by atoms with Gasteiger partial charge in [0, 0.05) is 19.0 Å². The fourth-order valence-electron chi connectivity index (χ4n) is 1.90. The first kappa shape index (κ1) is 11.5. The quantitative estimate of drug-likeness (QED) is 0.629. The zero-order valence-corrected chi connectivity index (χ0v) is 10.3. The second kappa shape index (κ2) is 4.33.